The molecule has 0 saturated carbocycles. The zero-order valence-electron chi connectivity index (χ0n) is 45.4. The van der Waals surface area contributed by atoms with Gasteiger partial charge in [0.05, 0.1) is 17.5 Å². The molecule has 3 aliphatic rings. The summed E-state index contributed by atoms with van der Waals surface area (Å²) in [6.45, 7) is 0. The molecule has 82 heavy (non-hydrogen) atoms. The minimum atomic E-state index is -0.741. The Hall–Kier alpha value is -10.3. The highest BCUT2D eigenvalue weighted by Gasteiger charge is 2.50. The monoisotopic (exact) mass is 1050 g/mol. The largest absolute Gasteiger partial charge is 0.330 e. The molecule has 0 aliphatic heterocycles. The molecule has 0 fully saturated rings. The van der Waals surface area contributed by atoms with Crippen molar-refractivity contribution in [2.24, 2.45) is 0 Å². The van der Waals surface area contributed by atoms with Crippen molar-refractivity contribution in [1.82, 2.24) is 0 Å². The van der Waals surface area contributed by atoms with Crippen LogP contribution in [0.3, 0.4) is 0 Å². The number of nitrogens with zero attached hydrogens (tertiary/aromatic N) is 2. The van der Waals surface area contributed by atoms with Crippen molar-refractivity contribution >= 4 is 39.5 Å². The summed E-state index contributed by atoms with van der Waals surface area (Å²) in [5, 5.41) is 0. The third-order valence-corrected chi connectivity index (χ3v) is 17.5. The van der Waals surface area contributed by atoms with Crippen LogP contribution in [0.15, 0.2) is 334 Å². The number of hydrogen-bond donors (Lipinski definition) is 0. The smallest absolute Gasteiger partial charge is 0.0856 e. The van der Waals surface area contributed by atoms with Crippen LogP contribution < -0.4 is 9.80 Å². The molecule has 0 aromatic heterocycles. The summed E-state index contributed by atoms with van der Waals surface area (Å²) >= 11 is 0. The van der Waals surface area contributed by atoms with Gasteiger partial charge in [-0.3, -0.25) is 0 Å². The second-order valence-electron chi connectivity index (χ2n) is 21.8. The van der Waals surface area contributed by atoms with E-state index in [1.54, 1.807) is 0 Å². The summed E-state index contributed by atoms with van der Waals surface area (Å²) in [5.41, 5.74) is 25.1. The average Bonchev–Trinajstić information content (AvgIpc) is 2.86. The van der Waals surface area contributed by atoms with E-state index in [1.165, 1.54) is 89.0 Å². The van der Waals surface area contributed by atoms with Gasteiger partial charge < -0.3 is 9.80 Å². The van der Waals surface area contributed by atoms with Gasteiger partial charge in [-0.05, 0) is 143 Å². The Labute approximate surface area is 481 Å². The van der Waals surface area contributed by atoms with E-state index >= 15 is 0 Å². The van der Waals surface area contributed by atoms with Gasteiger partial charge in [-0.15, -0.1) is 0 Å². The average molecular weight is 1050 g/mol. The van der Waals surface area contributed by atoms with Crippen LogP contribution in [-0.2, 0) is 5.41 Å². The lowest BCUT2D eigenvalue weighted by Crippen LogP contribution is -2.39. The number of para-hydroxylation sites is 2. The number of benzene rings is 12. The molecule has 0 bridgehead atoms. The molecule has 15 rings (SSSR count). The third kappa shape index (κ3) is 8.09. The first-order valence-corrected chi connectivity index (χ1v) is 28.7. The molecule has 12 aromatic rings. The van der Waals surface area contributed by atoms with E-state index in [0.29, 0.717) is 0 Å². The van der Waals surface area contributed by atoms with E-state index in [1.807, 2.05) is 0 Å². The second-order valence-corrected chi connectivity index (χ2v) is 21.8. The van der Waals surface area contributed by atoms with Gasteiger partial charge >= 0.3 is 0 Å². The van der Waals surface area contributed by atoms with Crippen LogP contribution in [0, 0.1) is 0 Å². The highest BCUT2D eigenvalue weighted by Crippen LogP contribution is 2.62. The maximum absolute atomic E-state index is 2.61. The summed E-state index contributed by atoms with van der Waals surface area (Å²) in [4.78, 5) is 5.08. The van der Waals surface area contributed by atoms with Crippen molar-refractivity contribution in [3.8, 4) is 22.3 Å². The highest BCUT2D eigenvalue weighted by molar-refractivity contribution is 6.19. The van der Waals surface area contributed by atoms with Gasteiger partial charge in [0, 0.05) is 28.7 Å². The Morgan fingerprint density at radius 2 is 0.585 bits per heavy atom. The zero-order chi connectivity index (χ0) is 54.4. The van der Waals surface area contributed by atoms with Gasteiger partial charge in [-0.25, -0.2) is 0 Å². The number of fused-ring (bicyclic) bond motifs is 6. The first-order chi connectivity index (χ1) is 40.7. The van der Waals surface area contributed by atoms with Crippen molar-refractivity contribution in [1.29, 1.82) is 0 Å². The molecule has 2 heteroatoms. The van der Waals surface area contributed by atoms with E-state index in [9.17, 15) is 0 Å². The van der Waals surface area contributed by atoms with Gasteiger partial charge in [-0.2, -0.15) is 0 Å². The molecular formula is C80H58N2. The fourth-order valence-electron chi connectivity index (χ4n) is 14.1. The number of allylic oxidation sites excluding steroid dienone is 4. The lowest BCUT2D eigenvalue weighted by Gasteiger charge is -2.48. The minimum absolute atomic E-state index is 0.0103. The predicted molar refractivity (Wildman–Crippen MR) is 342 cm³/mol. The van der Waals surface area contributed by atoms with Crippen LogP contribution in [0.4, 0.5) is 22.7 Å². The molecule has 0 radical (unpaired) electrons. The van der Waals surface area contributed by atoms with Gasteiger partial charge in [0.2, 0.25) is 0 Å². The molecule has 12 aromatic carbocycles. The summed E-state index contributed by atoms with van der Waals surface area (Å²) < 4.78 is 0. The molecule has 0 heterocycles. The molecule has 388 valence electrons. The quantitative estimate of drug-likeness (QED) is 0.120. The number of hydrogen-bond acceptors (Lipinski definition) is 2. The molecule has 2 unspecified atom stereocenters. The standard InChI is InChI=1S/C80H58N2/c1-7-27-57(28-8-1)75-55-74(56-47-51-64(52-48-56)81(62-35-15-5-16-36-62)78-70-43-23-19-39-66(70)67-40-20-24-44-71(67)78)76(58-29-9-2-10-30-58)77(59-31-11-3-12-32-59)80(75,60-33-13-4-14-34-60)61-49-53-65(54-50-61)82(63-37-17-6-18-38-63)79-72-45-25-21-41-68(72)69-42-22-26-46-73(69)79/h1-55,75,78-79H. The Morgan fingerprint density at radius 1 is 0.256 bits per heavy atom. The van der Waals surface area contributed by atoms with Crippen molar-refractivity contribution in [2.75, 3.05) is 9.80 Å². The Balaban J connectivity index is 0.960. The van der Waals surface area contributed by atoms with Crippen LogP contribution in [0.2, 0.25) is 0 Å². The van der Waals surface area contributed by atoms with Crippen molar-refractivity contribution in [2.45, 2.75) is 23.4 Å². The van der Waals surface area contributed by atoms with Gasteiger partial charge in [0.15, 0.2) is 0 Å². The third-order valence-electron chi connectivity index (χ3n) is 17.5. The van der Waals surface area contributed by atoms with Crippen LogP contribution in [0.1, 0.15) is 73.6 Å². The van der Waals surface area contributed by atoms with Crippen molar-refractivity contribution in [3.05, 3.63) is 389 Å². The number of rotatable bonds is 12. The predicted octanol–water partition coefficient (Wildman–Crippen LogP) is 20.3. The molecular weight excluding hydrogens is 989 g/mol. The topological polar surface area (TPSA) is 6.48 Å². The maximum Gasteiger partial charge on any atom is 0.0856 e. The number of anilines is 4. The van der Waals surface area contributed by atoms with Gasteiger partial charge in [0.1, 0.15) is 0 Å². The van der Waals surface area contributed by atoms with Crippen LogP contribution in [0.25, 0.3) is 39.0 Å². The summed E-state index contributed by atoms with van der Waals surface area (Å²) in [6, 6.07) is 122. The fraction of sp³-hybridized carbons (Fsp3) is 0.0500. The van der Waals surface area contributed by atoms with E-state index < -0.39 is 5.41 Å². The van der Waals surface area contributed by atoms with Crippen LogP contribution in [-0.4, -0.2) is 0 Å². The summed E-state index contributed by atoms with van der Waals surface area (Å²) in [7, 11) is 0. The maximum atomic E-state index is 2.61. The Kier molecular flexibility index (Phi) is 12.4. The Bertz CT molecular complexity index is 4220. The minimum Gasteiger partial charge on any atom is -0.330 e. The van der Waals surface area contributed by atoms with Crippen molar-refractivity contribution < 1.29 is 0 Å². The van der Waals surface area contributed by atoms with E-state index in [-0.39, 0.29) is 18.0 Å². The SMILES string of the molecule is C1=C(c2ccc(N(c3ccccc3)C3c4ccccc4-c4ccccc43)cc2)C(c2ccccc2)=C(c2ccccc2)C(c2ccccc2)(c2ccc(N(c3ccccc3)C3c4ccccc4-c4ccccc43)cc2)C1c1ccccc1. The van der Waals surface area contributed by atoms with E-state index in [0.717, 1.165) is 28.3 Å². The first-order valence-electron chi connectivity index (χ1n) is 28.7. The zero-order valence-corrected chi connectivity index (χ0v) is 45.4. The van der Waals surface area contributed by atoms with E-state index in [2.05, 4.69) is 343 Å². The molecule has 0 saturated heterocycles. The van der Waals surface area contributed by atoms with Gasteiger partial charge in [-0.1, -0.05) is 285 Å². The van der Waals surface area contributed by atoms with Crippen LogP contribution >= 0.6 is 0 Å². The molecule has 0 spiro atoms. The molecule has 0 N–H and O–H groups in total. The fourth-order valence-corrected chi connectivity index (χ4v) is 14.1. The molecule has 0 amide bonds. The summed E-state index contributed by atoms with van der Waals surface area (Å²) in [5.74, 6) is -0.162. The van der Waals surface area contributed by atoms with E-state index in [4.69, 9.17) is 0 Å². The lowest BCUT2D eigenvalue weighted by atomic mass is 9.54. The normalized spacial score (nSPS) is 16.1. The van der Waals surface area contributed by atoms with Crippen LogP contribution in [0.5, 0.6) is 0 Å². The lowest BCUT2D eigenvalue weighted by molar-refractivity contribution is 0.587. The summed E-state index contributed by atoms with van der Waals surface area (Å²) in [6.07, 6.45) is 2.61. The highest BCUT2D eigenvalue weighted by atomic mass is 15.2. The molecule has 3 aliphatic carbocycles. The van der Waals surface area contributed by atoms with Crippen molar-refractivity contribution in [3.63, 3.8) is 0 Å². The van der Waals surface area contributed by atoms with Gasteiger partial charge in [0.25, 0.3) is 0 Å². The molecule has 2 atom stereocenters. The second kappa shape index (κ2) is 20.7. The molecule has 2 nitrogen and oxygen atoms in total. The Morgan fingerprint density at radius 3 is 1.02 bits per heavy atom. The first kappa shape index (κ1) is 48.8.